The summed E-state index contributed by atoms with van der Waals surface area (Å²) in [7, 11) is 4.62. The molecule has 6 nitrogen and oxygen atoms in total. The molecule has 0 heterocycles. The minimum atomic E-state index is 0.0465. The molecular weight excluding hydrogens is 286 g/mol. The van der Waals surface area contributed by atoms with Crippen LogP contribution >= 0.6 is 0 Å². The second-order valence-corrected chi connectivity index (χ2v) is 5.05. The van der Waals surface area contributed by atoms with Gasteiger partial charge in [-0.1, -0.05) is 0 Å². The molecule has 0 amide bonds. The van der Waals surface area contributed by atoms with Gasteiger partial charge in [-0.05, 0) is 30.5 Å². The normalized spacial score (nSPS) is 14.4. The van der Waals surface area contributed by atoms with Crippen LogP contribution in [0.4, 0.5) is 0 Å². The number of hydroxylamine groups is 2. The van der Waals surface area contributed by atoms with Gasteiger partial charge in [-0.3, -0.25) is 15.1 Å². The molecule has 0 radical (unpaired) electrons. The zero-order valence-corrected chi connectivity index (χ0v) is 13.1. The zero-order valence-electron chi connectivity index (χ0n) is 13.1. The third-order valence-corrected chi connectivity index (χ3v) is 3.57. The van der Waals surface area contributed by atoms with Crippen LogP contribution in [0.2, 0.25) is 0 Å². The van der Waals surface area contributed by atoms with Crippen molar-refractivity contribution in [2.24, 2.45) is 0 Å². The van der Waals surface area contributed by atoms with E-state index in [-0.39, 0.29) is 12.3 Å². The van der Waals surface area contributed by atoms with Gasteiger partial charge in [0.05, 0.1) is 27.9 Å². The highest BCUT2D eigenvalue weighted by atomic mass is 16.5. The summed E-state index contributed by atoms with van der Waals surface area (Å²) in [5.41, 5.74) is 1.42. The van der Waals surface area contributed by atoms with Crippen molar-refractivity contribution >= 4 is 5.78 Å². The molecule has 0 aliphatic heterocycles. The maximum Gasteiger partial charge on any atom is 0.203 e. The highest BCUT2D eigenvalue weighted by molar-refractivity contribution is 5.90. The van der Waals surface area contributed by atoms with E-state index in [2.05, 4.69) is 0 Å². The van der Waals surface area contributed by atoms with Gasteiger partial charge in [0.25, 0.3) is 0 Å². The monoisotopic (exact) mass is 307 g/mol. The fraction of sp³-hybridized carbons (Fsp3) is 0.438. The van der Waals surface area contributed by atoms with Crippen molar-refractivity contribution in [1.29, 1.82) is 0 Å². The number of allylic oxidation sites excluding steroid dienone is 2. The molecule has 0 atom stereocenters. The van der Waals surface area contributed by atoms with Crippen molar-refractivity contribution in [3.05, 3.63) is 29.5 Å². The zero-order chi connectivity index (χ0) is 16.1. The van der Waals surface area contributed by atoms with Gasteiger partial charge in [-0.2, -0.15) is 0 Å². The third-order valence-electron chi connectivity index (χ3n) is 3.57. The van der Waals surface area contributed by atoms with Crippen LogP contribution in [0.3, 0.4) is 0 Å². The number of methoxy groups -OCH3 is 3. The molecule has 0 fully saturated rings. The Labute approximate surface area is 129 Å². The maximum absolute atomic E-state index is 11.4. The molecule has 2 rings (SSSR count). The summed E-state index contributed by atoms with van der Waals surface area (Å²) >= 11 is 0. The Morgan fingerprint density at radius 3 is 2.23 bits per heavy atom. The Morgan fingerprint density at radius 1 is 1.09 bits per heavy atom. The van der Waals surface area contributed by atoms with Gasteiger partial charge < -0.3 is 14.2 Å². The Hall–Kier alpha value is -2.21. The topological polar surface area (TPSA) is 68.2 Å². The number of nitrogens with zero attached hydrogens (tertiary/aromatic N) is 1. The van der Waals surface area contributed by atoms with E-state index < -0.39 is 0 Å². The lowest BCUT2D eigenvalue weighted by Crippen LogP contribution is -2.21. The predicted molar refractivity (Wildman–Crippen MR) is 80.4 cm³/mol. The lowest BCUT2D eigenvalue weighted by atomic mass is 10.0. The van der Waals surface area contributed by atoms with Gasteiger partial charge in [0.2, 0.25) is 5.75 Å². The average molecular weight is 307 g/mol. The van der Waals surface area contributed by atoms with E-state index in [4.69, 9.17) is 14.2 Å². The van der Waals surface area contributed by atoms with Gasteiger partial charge in [0.1, 0.15) is 0 Å². The molecule has 0 saturated heterocycles. The lowest BCUT2D eigenvalue weighted by molar-refractivity contribution is -0.116. The smallest absolute Gasteiger partial charge is 0.203 e. The number of carbonyl (C=O) groups is 1. The highest BCUT2D eigenvalue weighted by Crippen LogP contribution is 2.38. The fourth-order valence-electron chi connectivity index (χ4n) is 2.48. The summed E-state index contributed by atoms with van der Waals surface area (Å²) < 4.78 is 15.8. The SMILES string of the molecule is COc1cc(CN(O)C2=CC(=O)CCC2)cc(OC)c1OC. The number of hydrogen-bond acceptors (Lipinski definition) is 6. The molecule has 1 aromatic rings. The van der Waals surface area contributed by atoms with Crippen LogP contribution in [-0.2, 0) is 11.3 Å². The van der Waals surface area contributed by atoms with Crippen LogP contribution in [0.25, 0.3) is 0 Å². The van der Waals surface area contributed by atoms with Crippen LogP contribution in [0, 0.1) is 0 Å². The Bertz CT molecular complexity index is 557. The molecule has 1 N–H and O–H groups in total. The maximum atomic E-state index is 11.4. The Morgan fingerprint density at radius 2 is 1.73 bits per heavy atom. The molecule has 0 saturated carbocycles. The highest BCUT2D eigenvalue weighted by Gasteiger charge is 2.18. The van der Waals surface area contributed by atoms with E-state index in [0.717, 1.165) is 17.0 Å². The summed E-state index contributed by atoms with van der Waals surface area (Å²) in [4.78, 5) is 11.4. The first kappa shape index (κ1) is 16.2. The number of hydrogen-bond donors (Lipinski definition) is 1. The molecule has 1 aromatic carbocycles. The quantitative estimate of drug-likeness (QED) is 0.815. The molecule has 1 aliphatic rings. The first-order valence-electron chi connectivity index (χ1n) is 7.07. The van der Waals surface area contributed by atoms with E-state index >= 15 is 0 Å². The van der Waals surface area contributed by atoms with Crippen LogP contribution in [-0.4, -0.2) is 37.4 Å². The van der Waals surface area contributed by atoms with Crippen molar-refractivity contribution in [1.82, 2.24) is 5.06 Å². The van der Waals surface area contributed by atoms with Gasteiger partial charge in [-0.25, -0.2) is 0 Å². The van der Waals surface area contributed by atoms with Crippen molar-refractivity contribution < 1.29 is 24.2 Å². The predicted octanol–water partition coefficient (Wildman–Crippen LogP) is 2.54. The lowest BCUT2D eigenvalue weighted by Gasteiger charge is -2.23. The Balaban J connectivity index is 2.23. The van der Waals surface area contributed by atoms with E-state index in [1.165, 1.54) is 13.2 Å². The minimum absolute atomic E-state index is 0.0465. The summed E-state index contributed by atoms with van der Waals surface area (Å²) in [5.74, 6) is 1.60. The van der Waals surface area contributed by atoms with E-state index in [1.807, 2.05) is 0 Å². The minimum Gasteiger partial charge on any atom is -0.493 e. The third kappa shape index (κ3) is 3.51. The first-order chi connectivity index (χ1) is 10.6. The second-order valence-electron chi connectivity index (χ2n) is 5.05. The van der Waals surface area contributed by atoms with Crippen molar-refractivity contribution in [3.8, 4) is 17.2 Å². The van der Waals surface area contributed by atoms with Gasteiger partial charge in [-0.15, -0.1) is 0 Å². The molecular formula is C16H21NO5. The van der Waals surface area contributed by atoms with Gasteiger partial charge in [0, 0.05) is 18.2 Å². The molecule has 0 spiro atoms. The average Bonchev–Trinajstić information content (AvgIpc) is 2.53. The van der Waals surface area contributed by atoms with Crippen LogP contribution in [0.5, 0.6) is 17.2 Å². The molecule has 6 heteroatoms. The van der Waals surface area contributed by atoms with E-state index in [0.29, 0.717) is 35.8 Å². The number of carbonyl (C=O) groups excluding carboxylic acids is 1. The van der Waals surface area contributed by atoms with Gasteiger partial charge >= 0.3 is 0 Å². The number of ketones is 1. The van der Waals surface area contributed by atoms with Crippen LogP contribution in [0.1, 0.15) is 24.8 Å². The molecule has 22 heavy (non-hydrogen) atoms. The largest absolute Gasteiger partial charge is 0.493 e. The van der Waals surface area contributed by atoms with E-state index in [9.17, 15) is 10.0 Å². The first-order valence-corrected chi connectivity index (χ1v) is 7.07. The number of rotatable bonds is 6. The fourth-order valence-corrected chi connectivity index (χ4v) is 2.48. The van der Waals surface area contributed by atoms with Crippen molar-refractivity contribution in [3.63, 3.8) is 0 Å². The number of benzene rings is 1. The Kier molecular flexibility index (Phi) is 5.27. The molecule has 120 valence electrons. The summed E-state index contributed by atoms with van der Waals surface area (Å²) in [6.45, 7) is 0.232. The summed E-state index contributed by atoms with van der Waals surface area (Å²) in [5, 5.41) is 11.3. The number of ether oxygens (including phenoxy) is 3. The van der Waals surface area contributed by atoms with Gasteiger partial charge in [0.15, 0.2) is 17.3 Å². The van der Waals surface area contributed by atoms with Crippen molar-refractivity contribution in [2.45, 2.75) is 25.8 Å². The standard InChI is InChI=1S/C16H21NO5/c1-20-14-7-11(8-15(21-2)16(14)22-3)10-17(19)12-5-4-6-13(18)9-12/h7-9,19H,4-6,10H2,1-3H3. The molecule has 0 bridgehead atoms. The summed E-state index contributed by atoms with van der Waals surface area (Å²) in [6.07, 6.45) is 3.49. The molecule has 0 unspecified atom stereocenters. The summed E-state index contributed by atoms with van der Waals surface area (Å²) in [6, 6.07) is 3.55. The van der Waals surface area contributed by atoms with Crippen LogP contribution < -0.4 is 14.2 Å². The van der Waals surface area contributed by atoms with E-state index in [1.54, 1.807) is 26.4 Å². The van der Waals surface area contributed by atoms with Crippen LogP contribution in [0.15, 0.2) is 23.9 Å². The second kappa shape index (κ2) is 7.17. The molecule has 0 aromatic heterocycles. The van der Waals surface area contributed by atoms with Crippen molar-refractivity contribution in [2.75, 3.05) is 21.3 Å². The molecule has 1 aliphatic carbocycles.